The average molecular weight is 380 g/mol. The maximum absolute atomic E-state index is 12.3. The molecule has 1 fully saturated rings. The number of carbonyl (C=O) groups is 1. The minimum Gasteiger partial charge on any atom is -0.461 e. The van der Waals surface area contributed by atoms with E-state index < -0.39 is 18.9 Å². The predicted molar refractivity (Wildman–Crippen MR) is 91.1 cm³/mol. The largest absolute Gasteiger partial charge is 0.461 e. The Balaban J connectivity index is 1.89. The van der Waals surface area contributed by atoms with Crippen LogP contribution in [0, 0.1) is 0 Å². The summed E-state index contributed by atoms with van der Waals surface area (Å²) in [5.41, 5.74) is 0. The van der Waals surface area contributed by atoms with E-state index in [1.165, 1.54) is 13.3 Å². The summed E-state index contributed by atoms with van der Waals surface area (Å²) in [5, 5.41) is 2.77. The summed E-state index contributed by atoms with van der Waals surface area (Å²) in [6, 6.07) is 5.69. The zero-order valence-electron chi connectivity index (χ0n) is 12.8. The summed E-state index contributed by atoms with van der Waals surface area (Å²) in [7, 11) is 0. The highest BCUT2D eigenvalue weighted by atomic mass is 35.7. The molecule has 0 amide bonds. The van der Waals surface area contributed by atoms with Gasteiger partial charge in [-0.2, -0.15) is 0 Å². The summed E-state index contributed by atoms with van der Waals surface area (Å²) in [6.45, 7) is -2.23. The number of rotatable bonds is 6. The second kappa shape index (κ2) is 8.39. The van der Waals surface area contributed by atoms with E-state index in [-0.39, 0.29) is 16.9 Å². The Kier molecular flexibility index (Phi) is 6.78. The van der Waals surface area contributed by atoms with Crippen molar-refractivity contribution in [2.24, 2.45) is 0 Å². The first-order valence-corrected chi connectivity index (χ1v) is 10.5. The van der Waals surface area contributed by atoms with Crippen LogP contribution in [0.1, 0.15) is 39.0 Å². The van der Waals surface area contributed by atoms with E-state index in [4.69, 9.17) is 32.1 Å². The number of nitrogens with one attached hydrogen (secondary N) is 1. The zero-order chi connectivity index (χ0) is 16.9. The Hall–Kier alpha value is -0.740. The Bertz CT molecular complexity index is 593. The Morgan fingerprint density at radius 3 is 2.61 bits per heavy atom. The molecule has 5 nitrogen and oxygen atoms in total. The SMILES string of the molecule is C[C@H](NP(=O)(Cl)Oc1ccccc1Cl)C(=O)OC1CCCCC1. The number of carbonyl (C=O) groups excluding carboxylic acids is 1. The van der Waals surface area contributed by atoms with Crippen molar-refractivity contribution >= 4 is 35.7 Å². The monoisotopic (exact) mass is 379 g/mol. The van der Waals surface area contributed by atoms with Crippen molar-refractivity contribution in [1.29, 1.82) is 0 Å². The molecule has 1 N–H and O–H groups in total. The van der Waals surface area contributed by atoms with Crippen molar-refractivity contribution in [2.45, 2.75) is 51.2 Å². The number of halogens is 2. The lowest BCUT2D eigenvalue weighted by Gasteiger charge is -2.24. The molecule has 0 aromatic heterocycles. The lowest BCUT2D eigenvalue weighted by Crippen LogP contribution is -2.36. The Morgan fingerprint density at radius 2 is 1.96 bits per heavy atom. The van der Waals surface area contributed by atoms with Gasteiger partial charge in [0.05, 0.1) is 5.02 Å². The van der Waals surface area contributed by atoms with Gasteiger partial charge < -0.3 is 9.26 Å². The molecule has 0 bridgehead atoms. The molecule has 128 valence electrons. The number of esters is 1. The Morgan fingerprint density at radius 1 is 1.30 bits per heavy atom. The predicted octanol–water partition coefficient (Wildman–Crippen LogP) is 4.92. The standard InChI is InChI=1S/C15H20Cl2NO4P/c1-11(15(19)21-12-7-3-2-4-8-12)18-23(17,20)22-14-10-6-5-9-13(14)16/h5-6,9-12H,2-4,7-8H2,1H3,(H,18,20)/t11-,23?/m0/s1. The minimum atomic E-state index is -3.77. The first kappa shape index (κ1) is 18.6. The van der Waals surface area contributed by atoms with Crippen molar-refractivity contribution in [3.05, 3.63) is 29.3 Å². The van der Waals surface area contributed by atoms with Crippen molar-refractivity contribution < 1.29 is 18.6 Å². The molecule has 0 radical (unpaired) electrons. The van der Waals surface area contributed by atoms with Crippen LogP contribution >= 0.6 is 29.7 Å². The van der Waals surface area contributed by atoms with Crippen LogP contribution < -0.4 is 9.61 Å². The van der Waals surface area contributed by atoms with Gasteiger partial charge in [-0.1, -0.05) is 30.2 Å². The van der Waals surface area contributed by atoms with Crippen LogP contribution in [0.15, 0.2) is 24.3 Å². The number of ether oxygens (including phenoxy) is 1. The summed E-state index contributed by atoms with van der Waals surface area (Å²) in [5.74, 6) is -0.298. The summed E-state index contributed by atoms with van der Waals surface area (Å²) in [4.78, 5) is 12.1. The van der Waals surface area contributed by atoms with Crippen LogP contribution in [0.25, 0.3) is 0 Å². The molecule has 0 heterocycles. The van der Waals surface area contributed by atoms with E-state index in [2.05, 4.69) is 5.09 Å². The molecule has 1 aliphatic rings. The van der Waals surface area contributed by atoms with Crippen LogP contribution in [0.2, 0.25) is 5.02 Å². The van der Waals surface area contributed by atoms with Crippen molar-refractivity contribution in [3.63, 3.8) is 0 Å². The third-order valence-electron chi connectivity index (χ3n) is 3.59. The number of hydrogen-bond donors (Lipinski definition) is 1. The van der Waals surface area contributed by atoms with Crippen LogP contribution in [0.3, 0.4) is 0 Å². The van der Waals surface area contributed by atoms with Gasteiger partial charge in [-0.3, -0.25) is 4.79 Å². The smallest absolute Gasteiger partial charge is 0.409 e. The fourth-order valence-corrected chi connectivity index (χ4v) is 4.33. The van der Waals surface area contributed by atoms with Gasteiger partial charge in [0.1, 0.15) is 17.9 Å². The van der Waals surface area contributed by atoms with E-state index in [1.54, 1.807) is 24.3 Å². The van der Waals surface area contributed by atoms with Crippen molar-refractivity contribution in [3.8, 4) is 5.75 Å². The van der Waals surface area contributed by atoms with E-state index in [9.17, 15) is 9.36 Å². The first-order chi connectivity index (χ1) is 10.9. The normalized spacial score (nSPS) is 19.6. The Labute approximate surface area is 145 Å². The average Bonchev–Trinajstić information content (AvgIpc) is 2.50. The molecule has 0 aliphatic heterocycles. The van der Waals surface area contributed by atoms with Crippen LogP contribution in [0.4, 0.5) is 0 Å². The van der Waals surface area contributed by atoms with Gasteiger partial charge >= 0.3 is 12.8 Å². The third kappa shape index (κ3) is 6.00. The highest BCUT2D eigenvalue weighted by molar-refractivity contribution is 7.84. The molecule has 2 rings (SSSR count). The highest BCUT2D eigenvalue weighted by Gasteiger charge is 2.30. The number of para-hydroxylation sites is 1. The quantitative estimate of drug-likeness (QED) is 0.561. The summed E-state index contributed by atoms with van der Waals surface area (Å²) < 4.78 is 22.9. The summed E-state index contributed by atoms with van der Waals surface area (Å²) in [6.07, 6.45) is 4.96. The third-order valence-corrected chi connectivity index (χ3v) is 5.53. The highest BCUT2D eigenvalue weighted by Crippen LogP contribution is 2.50. The van der Waals surface area contributed by atoms with Gasteiger partial charge in [-0.05, 0) is 44.7 Å². The topological polar surface area (TPSA) is 64.6 Å². The molecule has 1 aromatic rings. The van der Waals surface area contributed by atoms with Gasteiger partial charge in [-0.15, -0.1) is 0 Å². The number of benzene rings is 1. The molecule has 0 spiro atoms. The van der Waals surface area contributed by atoms with E-state index in [0.717, 1.165) is 25.7 Å². The molecule has 2 atom stereocenters. The first-order valence-electron chi connectivity index (χ1n) is 7.59. The molecule has 1 aliphatic carbocycles. The fraction of sp³-hybridized carbons (Fsp3) is 0.533. The molecule has 1 saturated carbocycles. The molecule has 1 aromatic carbocycles. The van der Waals surface area contributed by atoms with Crippen LogP contribution in [-0.4, -0.2) is 18.1 Å². The molecular formula is C15H20Cl2NO4P. The van der Waals surface area contributed by atoms with Gasteiger partial charge in [0.15, 0.2) is 0 Å². The lowest BCUT2D eigenvalue weighted by molar-refractivity contribution is -0.152. The van der Waals surface area contributed by atoms with Crippen molar-refractivity contribution in [2.75, 3.05) is 0 Å². The number of hydrogen-bond acceptors (Lipinski definition) is 4. The second-order valence-corrected chi connectivity index (χ2v) is 8.69. The molecule has 0 saturated heterocycles. The van der Waals surface area contributed by atoms with Crippen LogP contribution in [0.5, 0.6) is 5.75 Å². The van der Waals surface area contributed by atoms with Gasteiger partial charge in [-0.25, -0.2) is 9.65 Å². The van der Waals surface area contributed by atoms with Gasteiger partial charge in [0.25, 0.3) is 0 Å². The molecule has 1 unspecified atom stereocenters. The van der Waals surface area contributed by atoms with Crippen LogP contribution in [-0.2, 0) is 14.1 Å². The lowest BCUT2D eigenvalue weighted by atomic mass is 9.98. The zero-order valence-corrected chi connectivity index (χ0v) is 15.2. The van der Waals surface area contributed by atoms with Gasteiger partial charge in [0.2, 0.25) is 0 Å². The van der Waals surface area contributed by atoms with E-state index >= 15 is 0 Å². The maximum atomic E-state index is 12.3. The maximum Gasteiger partial charge on any atom is 0.409 e. The minimum absolute atomic E-state index is 0.0697. The molecule has 23 heavy (non-hydrogen) atoms. The molecule has 8 heteroatoms. The second-order valence-electron chi connectivity index (χ2n) is 5.55. The van der Waals surface area contributed by atoms with E-state index in [0.29, 0.717) is 0 Å². The van der Waals surface area contributed by atoms with E-state index in [1.807, 2.05) is 0 Å². The fourth-order valence-electron chi connectivity index (χ4n) is 2.40. The molecular weight excluding hydrogens is 360 g/mol. The van der Waals surface area contributed by atoms with Crippen molar-refractivity contribution in [1.82, 2.24) is 5.09 Å². The van der Waals surface area contributed by atoms with Gasteiger partial charge in [0, 0.05) is 11.2 Å². The summed E-state index contributed by atoms with van der Waals surface area (Å²) >= 11 is 11.8.